The van der Waals surface area contributed by atoms with Gasteiger partial charge in [-0.05, 0) is 78.8 Å². The average molecular weight is 617 g/mol. The van der Waals surface area contributed by atoms with Gasteiger partial charge in [-0.1, -0.05) is 76.2 Å². The third kappa shape index (κ3) is 4.58. The summed E-state index contributed by atoms with van der Waals surface area (Å²) in [5, 5.41) is 0. The third-order valence-electron chi connectivity index (χ3n) is 10.3. The van der Waals surface area contributed by atoms with Gasteiger partial charge in [-0.2, -0.15) is 0 Å². The number of amides is 4. The molecule has 0 unspecified atom stereocenters. The second-order valence-corrected chi connectivity index (χ2v) is 13.5. The first-order valence-electron chi connectivity index (χ1n) is 16.3. The molecule has 0 N–H and O–H groups in total. The summed E-state index contributed by atoms with van der Waals surface area (Å²) < 4.78 is 0. The number of urea groups is 1. The molecule has 2 fully saturated rings. The van der Waals surface area contributed by atoms with Crippen LogP contribution in [-0.2, 0) is 20.4 Å². The molecule has 1 aliphatic carbocycles. The summed E-state index contributed by atoms with van der Waals surface area (Å²) in [5.74, 6) is -1.12. The van der Waals surface area contributed by atoms with Gasteiger partial charge in [0.1, 0.15) is 5.57 Å². The number of carbonyl (C=O) groups excluding carboxylic acids is 3. The molecule has 7 nitrogen and oxygen atoms in total. The summed E-state index contributed by atoms with van der Waals surface area (Å²) in [5.41, 5.74) is 9.42. The smallest absolute Gasteiger partial charge is 0.333 e. The van der Waals surface area contributed by atoms with Gasteiger partial charge < -0.3 is 9.80 Å². The number of imide groups is 2. The van der Waals surface area contributed by atoms with E-state index in [2.05, 4.69) is 124 Å². The quantitative estimate of drug-likeness (QED) is 0.265. The molecular weight excluding hydrogens is 572 g/mol. The maximum atomic E-state index is 13.7. The molecule has 46 heavy (non-hydrogen) atoms. The van der Waals surface area contributed by atoms with E-state index in [-0.39, 0.29) is 16.4 Å². The number of allylic oxidation sites excluding steroid dienone is 9. The monoisotopic (exact) mass is 616 g/mol. The summed E-state index contributed by atoms with van der Waals surface area (Å²) in [6, 6.07) is 16.4. The second kappa shape index (κ2) is 11.3. The fourth-order valence-electron chi connectivity index (χ4n) is 7.74. The molecule has 0 spiro atoms. The number of benzene rings is 2. The number of nitrogens with zero attached hydrogens (tertiary/aromatic N) is 4. The first kappa shape index (κ1) is 31.3. The predicted octanol–water partition coefficient (Wildman–Crippen LogP) is 7.38. The lowest BCUT2D eigenvalue weighted by atomic mass is 9.83. The van der Waals surface area contributed by atoms with Gasteiger partial charge in [0.05, 0.1) is 0 Å². The normalized spacial score (nSPS) is 24.0. The van der Waals surface area contributed by atoms with Crippen LogP contribution in [0.15, 0.2) is 107 Å². The zero-order chi connectivity index (χ0) is 33.1. The fraction of sp³-hybridized carbons (Fsp3) is 0.359. The van der Waals surface area contributed by atoms with Crippen LogP contribution < -0.4 is 9.80 Å². The molecule has 0 aromatic heterocycles. The van der Waals surface area contributed by atoms with E-state index in [0.29, 0.717) is 18.4 Å². The maximum Gasteiger partial charge on any atom is 0.333 e. The molecule has 0 radical (unpaired) electrons. The number of fused-ring (bicyclic) bond motifs is 2. The number of barbiturate groups is 1. The summed E-state index contributed by atoms with van der Waals surface area (Å²) >= 11 is 0. The molecule has 3 aliphatic heterocycles. The number of para-hydroxylation sites is 2. The van der Waals surface area contributed by atoms with Crippen molar-refractivity contribution in [2.75, 3.05) is 37.0 Å². The Morgan fingerprint density at radius 3 is 1.39 bits per heavy atom. The van der Waals surface area contributed by atoms with Crippen LogP contribution in [0, 0.1) is 0 Å². The van der Waals surface area contributed by atoms with E-state index in [0.717, 1.165) is 34.0 Å². The Morgan fingerprint density at radius 2 is 1.00 bits per heavy atom. The second-order valence-electron chi connectivity index (χ2n) is 13.5. The van der Waals surface area contributed by atoms with Crippen molar-refractivity contribution in [3.05, 3.63) is 118 Å². The van der Waals surface area contributed by atoms with E-state index in [1.165, 1.54) is 48.0 Å². The van der Waals surface area contributed by atoms with Crippen LogP contribution in [-0.4, -0.2) is 54.8 Å². The largest absolute Gasteiger partial charge is 0.344 e. The van der Waals surface area contributed by atoms with Gasteiger partial charge in [0.15, 0.2) is 0 Å². The van der Waals surface area contributed by atoms with E-state index in [1.807, 2.05) is 0 Å². The topological polar surface area (TPSA) is 64.2 Å². The van der Waals surface area contributed by atoms with Crippen LogP contribution in [0.25, 0.3) is 0 Å². The summed E-state index contributed by atoms with van der Waals surface area (Å²) in [6.45, 7) is 14.9. The van der Waals surface area contributed by atoms with Gasteiger partial charge in [0.25, 0.3) is 11.8 Å². The van der Waals surface area contributed by atoms with E-state index < -0.39 is 17.8 Å². The van der Waals surface area contributed by atoms with Crippen molar-refractivity contribution < 1.29 is 14.4 Å². The van der Waals surface area contributed by atoms with Crippen molar-refractivity contribution in [2.45, 2.75) is 65.2 Å². The lowest BCUT2D eigenvalue weighted by Crippen LogP contribution is -2.53. The highest BCUT2D eigenvalue weighted by Gasteiger charge is 2.43. The average Bonchev–Trinajstić information content (AvgIpc) is 3.61. The first-order chi connectivity index (χ1) is 21.9. The van der Waals surface area contributed by atoms with E-state index in [9.17, 15) is 14.4 Å². The van der Waals surface area contributed by atoms with Gasteiger partial charge in [-0.3, -0.25) is 19.4 Å². The molecule has 0 atom stereocenters. The minimum atomic E-state index is -0.620. The number of hydrogen-bond donors (Lipinski definition) is 0. The van der Waals surface area contributed by atoms with Gasteiger partial charge in [-0.15, -0.1) is 0 Å². The molecule has 2 aromatic rings. The molecular formula is C39H44N4O3. The van der Waals surface area contributed by atoms with Crippen LogP contribution in [0.3, 0.4) is 0 Å². The lowest BCUT2D eigenvalue weighted by Gasteiger charge is -2.30. The first-order valence-corrected chi connectivity index (χ1v) is 16.3. The van der Waals surface area contributed by atoms with Crippen molar-refractivity contribution in [3.63, 3.8) is 0 Å². The molecule has 238 valence electrons. The Kier molecular flexibility index (Phi) is 7.70. The Morgan fingerprint density at radius 1 is 0.609 bits per heavy atom. The fourth-order valence-corrected chi connectivity index (χ4v) is 7.74. The number of likely N-dealkylation sites (N-methyl/N-ethyl adjacent to an activating group) is 4. The van der Waals surface area contributed by atoms with Crippen LogP contribution in [0.4, 0.5) is 16.2 Å². The van der Waals surface area contributed by atoms with Gasteiger partial charge in [-0.25, -0.2) is 4.79 Å². The van der Waals surface area contributed by atoms with Crippen LogP contribution >= 0.6 is 0 Å². The highest BCUT2D eigenvalue weighted by atomic mass is 16.2. The highest BCUT2D eigenvalue weighted by Crippen LogP contribution is 2.49. The van der Waals surface area contributed by atoms with Crippen molar-refractivity contribution in [2.24, 2.45) is 0 Å². The lowest BCUT2D eigenvalue weighted by molar-refractivity contribution is -0.134. The Hall–Kier alpha value is -4.65. The zero-order valence-electron chi connectivity index (χ0n) is 28.3. The molecule has 3 heterocycles. The molecule has 4 amide bonds. The SMILES string of the molecule is CCN1/C(=C/C=C2\CC/C(=C\C=C3\N(CC)c4ccccc4C3(C)C)C2=C2C(=O)N(C)C(=O)N(C)C2=O)C(C)(C)c2ccccc21. The van der Waals surface area contributed by atoms with Gasteiger partial charge in [0, 0.05) is 60.8 Å². The molecule has 6 rings (SSSR count). The number of hydrogen-bond acceptors (Lipinski definition) is 5. The molecule has 2 aromatic carbocycles. The van der Waals surface area contributed by atoms with Crippen molar-refractivity contribution in [3.8, 4) is 0 Å². The third-order valence-corrected chi connectivity index (χ3v) is 10.3. The minimum absolute atomic E-state index is 0.0547. The van der Waals surface area contributed by atoms with Crippen molar-refractivity contribution in [1.29, 1.82) is 0 Å². The number of carbonyl (C=O) groups is 3. The minimum Gasteiger partial charge on any atom is -0.344 e. The number of rotatable bonds is 4. The van der Waals surface area contributed by atoms with Crippen LogP contribution in [0.5, 0.6) is 0 Å². The van der Waals surface area contributed by atoms with Gasteiger partial charge >= 0.3 is 6.03 Å². The summed E-state index contributed by atoms with van der Waals surface area (Å²) in [4.78, 5) is 46.8. The van der Waals surface area contributed by atoms with E-state index in [4.69, 9.17) is 0 Å². The van der Waals surface area contributed by atoms with E-state index in [1.54, 1.807) is 0 Å². The van der Waals surface area contributed by atoms with E-state index >= 15 is 0 Å². The van der Waals surface area contributed by atoms with Crippen molar-refractivity contribution in [1.82, 2.24) is 9.80 Å². The summed E-state index contributed by atoms with van der Waals surface area (Å²) in [7, 11) is 2.88. The Balaban J connectivity index is 1.51. The Bertz CT molecular complexity index is 1690. The molecule has 1 saturated carbocycles. The van der Waals surface area contributed by atoms with Gasteiger partial charge in [0.2, 0.25) is 0 Å². The molecule has 0 bridgehead atoms. The highest BCUT2D eigenvalue weighted by molar-refractivity contribution is 6.29. The zero-order valence-corrected chi connectivity index (χ0v) is 28.3. The Labute approximate surface area is 272 Å². The molecule has 7 heteroatoms. The van der Waals surface area contributed by atoms with Crippen LogP contribution in [0.1, 0.15) is 65.5 Å². The predicted molar refractivity (Wildman–Crippen MR) is 185 cm³/mol. The maximum absolute atomic E-state index is 13.7. The standard InChI is InChI=1S/C39H44N4O3/c1-9-42-29-17-13-11-15-27(29)38(3,4)31(42)23-21-25-19-20-26(33(25)34-35(44)40(7)37(46)41(8)36(34)45)22-24-32-39(5,6)28-16-12-14-18-30(28)43(32)10-2/h11-18,21-24H,9-10,19-20H2,1-8H3/b25-21+,26-22+,31-23+,32-24+. The number of anilines is 2. The summed E-state index contributed by atoms with van der Waals surface area (Å²) in [6.07, 6.45) is 9.86. The molecule has 1 saturated heterocycles. The molecule has 4 aliphatic rings. The van der Waals surface area contributed by atoms with Crippen molar-refractivity contribution >= 4 is 29.2 Å². The van der Waals surface area contributed by atoms with Crippen LogP contribution in [0.2, 0.25) is 0 Å².